The Hall–Kier alpha value is -2.23. The minimum absolute atomic E-state index is 0.0306. The second kappa shape index (κ2) is 6.69. The van der Waals surface area contributed by atoms with Crippen LogP contribution in [0.2, 0.25) is 0 Å². The van der Waals surface area contributed by atoms with E-state index < -0.39 is 0 Å². The van der Waals surface area contributed by atoms with Gasteiger partial charge in [0.2, 0.25) is 5.91 Å². The summed E-state index contributed by atoms with van der Waals surface area (Å²) in [5.74, 6) is 0.930. The highest BCUT2D eigenvalue weighted by atomic mass is 16.2. The number of aryl methyl sites for hydroxylation is 1. The first-order valence-electron chi connectivity index (χ1n) is 7.92. The highest BCUT2D eigenvalue weighted by Gasteiger charge is 2.31. The number of hydrogen-bond acceptors (Lipinski definition) is 3. The zero-order valence-electron chi connectivity index (χ0n) is 12.9. The van der Waals surface area contributed by atoms with Gasteiger partial charge >= 0.3 is 0 Å². The van der Waals surface area contributed by atoms with E-state index >= 15 is 0 Å². The summed E-state index contributed by atoms with van der Waals surface area (Å²) in [5, 5.41) is 0. The van der Waals surface area contributed by atoms with Gasteiger partial charge in [-0.05, 0) is 36.5 Å². The van der Waals surface area contributed by atoms with Crippen LogP contribution in [-0.2, 0) is 17.6 Å². The van der Waals surface area contributed by atoms with E-state index in [4.69, 9.17) is 0 Å². The van der Waals surface area contributed by atoms with Crippen molar-refractivity contribution in [3.05, 3.63) is 59.7 Å². The van der Waals surface area contributed by atoms with Crippen LogP contribution in [0.15, 0.2) is 42.7 Å². The van der Waals surface area contributed by atoms with Crippen molar-refractivity contribution in [3.8, 4) is 0 Å². The Kier molecular flexibility index (Phi) is 4.47. The molecule has 2 heterocycles. The molecule has 1 aromatic carbocycles. The van der Waals surface area contributed by atoms with Crippen molar-refractivity contribution in [1.82, 2.24) is 14.9 Å². The summed E-state index contributed by atoms with van der Waals surface area (Å²) in [6, 6.07) is 10.1. The average Bonchev–Trinajstić information content (AvgIpc) is 3.05. The third-order valence-electron chi connectivity index (χ3n) is 4.21. The van der Waals surface area contributed by atoms with Gasteiger partial charge in [-0.3, -0.25) is 4.79 Å². The largest absolute Gasteiger partial charge is 0.332 e. The van der Waals surface area contributed by atoms with E-state index in [0.29, 0.717) is 6.42 Å². The second-order valence-corrected chi connectivity index (χ2v) is 5.70. The Morgan fingerprint density at radius 2 is 2.00 bits per heavy atom. The van der Waals surface area contributed by atoms with Gasteiger partial charge in [0.15, 0.2) is 5.82 Å². The Labute approximate surface area is 131 Å². The third-order valence-corrected chi connectivity index (χ3v) is 4.21. The Balaban J connectivity index is 1.73. The Bertz CT molecular complexity index is 642. The minimum Gasteiger partial charge on any atom is -0.332 e. The average molecular weight is 295 g/mol. The first-order chi connectivity index (χ1) is 10.8. The van der Waals surface area contributed by atoms with Gasteiger partial charge in [-0.2, -0.15) is 0 Å². The molecule has 0 bridgehead atoms. The lowest BCUT2D eigenvalue weighted by Gasteiger charge is -2.23. The summed E-state index contributed by atoms with van der Waals surface area (Å²) in [4.78, 5) is 23.3. The molecule has 0 aliphatic carbocycles. The molecule has 1 aliphatic rings. The predicted octanol–water partition coefficient (Wildman–Crippen LogP) is 2.95. The van der Waals surface area contributed by atoms with Crippen LogP contribution < -0.4 is 0 Å². The number of likely N-dealkylation sites (tertiary alicyclic amines) is 1. The standard InChI is InChI=1S/C18H21N3O/c1-2-14-6-3-7-15(12-14)13-17(22)21-11-4-8-16(21)18-19-9-5-10-20-18/h3,5-7,9-10,12,16H,2,4,8,11,13H2,1H3. The molecule has 0 radical (unpaired) electrons. The zero-order chi connectivity index (χ0) is 15.4. The van der Waals surface area contributed by atoms with E-state index in [2.05, 4.69) is 29.0 Å². The Morgan fingerprint density at radius 3 is 2.77 bits per heavy atom. The van der Waals surface area contributed by atoms with Gasteiger partial charge in [0, 0.05) is 18.9 Å². The number of amides is 1. The molecular weight excluding hydrogens is 274 g/mol. The van der Waals surface area contributed by atoms with Gasteiger partial charge in [-0.15, -0.1) is 0 Å². The molecular formula is C18H21N3O. The summed E-state index contributed by atoms with van der Waals surface area (Å²) in [7, 11) is 0. The first-order valence-corrected chi connectivity index (χ1v) is 7.92. The monoisotopic (exact) mass is 295 g/mol. The first kappa shape index (κ1) is 14.7. The smallest absolute Gasteiger partial charge is 0.227 e. The normalized spacial score (nSPS) is 17.7. The number of nitrogens with zero attached hydrogens (tertiary/aromatic N) is 3. The fraction of sp³-hybridized carbons (Fsp3) is 0.389. The molecule has 114 valence electrons. The third kappa shape index (κ3) is 3.16. The molecule has 3 rings (SSSR count). The van der Waals surface area contributed by atoms with Gasteiger partial charge in [0.1, 0.15) is 0 Å². The van der Waals surface area contributed by atoms with Crippen LogP contribution in [0, 0.1) is 0 Å². The lowest BCUT2D eigenvalue weighted by Crippen LogP contribution is -2.32. The Morgan fingerprint density at radius 1 is 1.23 bits per heavy atom. The highest BCUT2D eigenvalue weighted by molar-refractivity contribution is 5.79. The molecule has 22 heavy (non-hydrogen) atoms. The van der Waals surface area contributed by atoms with Crippen LogP contribution in [0.1, 0.15) is 42.8 Å². The van der Waals surface area contributed by atoms with Gasteiger partial charge in [-0.25, -0.2) is 9.97 Å². The SMILES string of the molecule is CCc1cccc(CC(=O)N2CCCC2c2ncccn2)c1. The van der Waals surface area contributed by atoms with Gasteiger partial charge in [-0.1, -0.05) is 31.2 Å². The van der Waals surface area contributed by atoms with Gasteiger partial charge in [0.05, 0.1) is 12.5 Å². The molecule has 0 saturated carbocycles. The molecule has 1 aliphatic heterocycles. The van der Waals surface area contributed by atoms with E-state index in [0.717, 1.165) is 37.2 Å². The number of carbonyl (C=O) groups is 1. The molecule has 1 amide bonds. The highest BCUT2D eigenvalue weighted by Crippen LogP contribution is 2.30. The number of rotatable bonds is 4. The van der Waals surface area contributed by atoms with Crippen LogP contribution in [0.4, 0.5) is 0 Å². The van der Waals surface area contributed by atoms with Crippen molar-refractivity contribution < 1.29 is 4.79 Å². The minimum atomic E-state index is 0.0306. The van der Waals surface area contributed by atoms with E-state index in [1.165, 1.54) is 5.56 Å². The molecule has 0 spiro atoms. The van der Waals surface area contributed by atoms with Crippen molar-refractivity contribution >= 4 is 5.91 Å². The molecule has 1 saturated heterocycles. The summed E-state index contributed by atoms with van der Waals surface area (Å²) >= 11 is 0. The van der Waals surface area contributed by atoms with Crippen LogP contribution in [0.3, 0.4) is 0 Å². The lowest BCUT2D eigenvalue weighted by atomic mass is 10.1. The number of benzene rings is 1. The van der Waals surface area contributed by atoms with E-state index in [-0.39, 0.29) is 11.9 Å². The van der Waals surface area contributed by atoms with E-state index in [9.17, 15) is 4.79 Å². The quantitative estimate of drug-likeness (QED) is 0.871. The maximum absolute atomic E-state index is 12.7. The zero-order valence-corrected chi connectivity index (χ0v) is 12.9. The van der Waals surface area contributed by atoms with Crippen molar-refractivity contribution in [2.45, 2.75) is 38.6 Å². The van der Waals surface area contributed by atoms with Crippen molar-refractivity contribution in [2.75, 3.05) is 6.54 Å². The second-order valence-electron chi connectivity index (χ2n) is 5.70. The summed E-state index contributed by atoms with van der Waals surface area (Å²) < 4.78 is 0. The van der Waals surface area contributed by atoms with E-state index in [1.54, 1.807) is 18.5 Å². The molecule has 1 atom stereocenters. The predicted molar refractivity (Wildman–Crippen MR) is 85.2 cm³/mol. The molecule has 2 aromatic rings. The fourth-order valence-corrected chi connectivity index (χ4v) is 3.05. The fourth-order valence-electron chi connectivity index (χ4n) is 3.05. The van der Waals surface area contributed by atoms with Gasteiger partial charge < -0.3 is 4.90 Å². The van der Waals surface area contributed by atoms with Gasteiger partial charge in [0.25, 0.3) is 0 Å². The van der Waals surface area contributed by atoms with Crippen LogP contribution >= 0.6 is 0 Å². The number of carbonyl (C=O) groups excluding carboxylic acids is 1. The summed E-state index contributed by atoms with van der Waals surface area (Å²) in [6.07, 6.45) is 6.90. The van der Waals surface area contributed by atoms with Crippen molar-refractivity contribution in [2.24, 2.45) is 0 Å². The van der Waals surface area contributed by atoms with E-state index in [1.807, 2.05) is 17.0 Å². The summed E-state index contributed by atoms with van der Waals surface area (Å²) in [6.45, 7) is 2.93. The summed E-state index contributed by atoms with van der Waals surface area (Å²) in [5.41, 5.74) is 2.36. The van der Waals surface area contributed by atoms with Crippen LogP contribution in [-0.4, -0.2) is 27.3 Å². The number of hydrogen-bond donors (Lipinski definition) is 0. The molecule has 0 N–H and O–H groups in total. The molecule has 1 fully saturated rings. The lowest BCUT2D eigenvalue weighted by molar-refractivity contribution is -0.131. The molecule has 4 heteroatoms. The van der Waals surface area contributed by atoms with Crippen molar-refractivity contribution in [1.29, 1.82) is 0 Å². The maximum atomic E-state index is 12.7. The molecule has 4 nitrogen and oxygen atoms in total. The molecule has 1 aromatic heterocycles. The van der Waals surface area contributed by atoms with Crippen LogP contribution in [0.25, 0.3) is 0 Å². The number of aromatic nitrogens is 2. The maximum Gasteiger partial charge on any atom is 0.227 e. The van der Waals surface area contributed by atoms with Crippen molar-refractivity contribution in [3.63, 3.8) is 0 Å². The molecule has 1 unspecified atom stereocenters. The topological polar surface area (TPSA) is 46.1 Å². The van der Waals surface area contributed by atoms with Crippen LogP contribution in [0.5, 0.6) is 0 Å².